The number of oxazole rings is 1. The lowest BCUT2D eigenvalue weighted by Crippen LogP contribution is -2.36. The zero-order valence-electron chi connectivity index (χ0n) is 17.1. The SMILES string of the molecule is CN=C(NCc1cccc(Cn2cncn2)c1)NCc1coc(-c2ccccc2)n1.I. The number of aromatic nitrogens is 4. The minimum Gasteiger partial charge on any atom is -0.444 e. The molecule has 2 aromatic heterocycles. The first-order valence-corrected chi connectivity index (χ1v) is 9.65. The zero-order chi connectivity index (χ0) is 20.6. The average Bonchev–Trinajstić information content (AvgIpc) is 3.47. The fraction of sp³-hybridized carbons (Fsp3) is 0.182. The van der Waals surface area contributed by atoms with Crippen molar-refractivity contribution in [2.75, 3.05) is 7.05 Å². The number of benzene rings is 2. The van der Waals surface area contributed by atoms with Crippen molar-refractivity contribution in [1.82, 2.24) is 30.4 Å². The highest BCUT2D eigenvalue weighted by molar-refractivity contribution is 14.0. The highest BCUT2D eigenvalue weighted by atomic mass is 127. The monoisotopic (exact) mass is 529 g/mol. The van der Waals surface area contributed by atoms with Crippen LogP contribution in [0.1, 0.15) is 16.8 Å². The molecule has 0 fully saturated rings. The van der Waals surface area contributed by atoms with E-state index in [1.807, 2.05) is 36.4 Å². The van der Waals surface area contributed by atoms with E-state index in [1.54, 1.807) is 30.6 Å². The molecule has 2 heterocycles. The smallest absolute Gasteiger partial charge is 0.226 e. The van der Waals surface area contributed by atoms with Gasteiger partial charge in [0.25, 0.3) is 0 Å². The van der Waals surface area contributed by atoms with Crippen molar-refractivity contribution >= 4 is 29.9 Å². The lowest BCUT2D eigenvalue weighted by atomic mass is 10.1. The topological polar surface area (TPSA) is 93.2 Å². The molecule has 0 unspecified atom stereocenters. The Kier molecular flexibility index (Phi) is 8.16. The van der Waals surface area contributed by atoms with Gasteiger partial charge in [0.05, 0.1) is 18.8 Å². The summed E-state index contributed by atoms with van der Waals surface area (Å²) in [5.74, 6) is 1.31. The largest absolute Gasteiger partial charge is 0.444 e. The first-order chi connectivity index (χ1) is 14.8. The van der Waals surface area contributed by atoms with Crippen molar-refractivity contribution in [3.8, 4) is 11.5 Å². The van der Waals surface area contributed by atoms with Crippen LogP contribution < -0.4 is 10.6 Å². The molecule has 0 radical (unpaired) electrons. The van der Waals surface area contributed by atoms with E-state index in [4.69, 9.17) is 4.42 Å². The minimum atomic E-state index is 0. The number of nitrogens with zero attached hydrogens (tertiary/aromatic N) is 5. The molecule has 0 spiro atoms. The number of rotatable bonds is 7. The molecule has 0 aliphatic rings. The standard InChI is InChI=1S/C22H23N7O.HI/c1-23-22(26-12-20-14-30-21(28-20)19-8-3-2-4-9-19)25-11-17-6-5-7-18(10-17)13-29-16-24-15-27-29;/h2-10,14-16H,11-13H2,1H3,(H2,23,25,26);1H. The highest BCUT2D eigenvalue weighted by Crippen LogP contribution is 2.17. The number of nitrogens with one attached hydrogen (secondary N) is 2. The molecule has 0 aliphatic carbocycles. The van der Waals surface area contributed by atoms with Gasteiger partial charge in [-0.3, -0.25) is 4.99 Å². The minimum absolute atomic E-state index is 0. The van der Waals surface area contributed by atoms with Crippen molar-refractivity contribution in [1.29, 1.82) is 0 Å². The third kappa shape index (κ3) is 6.38. The predicted molar refractivity (Wildman–Crippen MR) is 130 cm³/mol. The fourth-order valence-corrected chi connectivity index (χ4v) is 3.02. The zero-order valence-corrected chi connectivity index (χ0v) is 19.4. The molecule has 160 valence electrons. The second-order valence-corrected chi connectivity index (χ2v) is 6.70. The Labute approximate surface area is 197 Å². The van der Waals surface area contributed by atoms with Gasteiger partial charge < -0.3 is 15.1 Å². The van der Waals surface area contributed by atoms with Gasteiger partial charge in [0.15, 0.2) is 5.96 Å². The lowest BCUT2D eigenvalue weighted by molar-refractivity contribution is 0.572. The summed E-state index contributed by atoms with van der Waals surface area (Å²) in [6, 6.07) is 18.2. The van der Waals surface area contributed by atoms with Crippen LogP contribution in [0.4, 0.5) is 0 Å². The van der Waals surface area contributed by atoms with Crippen LogP contribution in [-0.4, -0.2) is 32.8 Å². The summed E-state index contributed by atoms with van der Waals surface area (Å²) in [6.07, 6.45) is 4.92. The van der Waals surface area contributed by atoms with Gasteiger partial charge in [-0.15, -0.1) is 24.0 Å². The van der Waals surface area contributed by atoms with Crippen LogP contribution in [0.15, 0.2) is 82.9 Å². The number of hydrogen-bond acceptors (Lipinski definition) is 5. The molecule has 2 aromatic carbocycles. The Morgan fingerprint density at radius 3 is 2.61 bits per heavy atom. The van der Waals surface area contributed by atoms with Gasteiger partial charge in [-0.25, -0.2) is 14.6 Å². The summed E-state index contributed by atoms with van der Waals surface area (Å²) in [5, 5.41) is 10.7. The van der Waals surface area contributed by atoms with E-state index in [9.17, 15) is 0 Å². The van der Waals surface area contributed by atoms with Crippen LogP contribution in [0.5, 0.6) is 0 Å². The number of halogens is 1. The van der Waals surface area contributed by atoms with Gasteiger partial charge in [0, 0.05) is 19.2 Å². The van der Waals surface area contributed by atoms with Gasteiger partial charge in [0.2, 0.25) is 5.89 Å². The highest BCUT2D eigenvalue weighted by Gasteiger charge is 2.07. The van der Waals surface area contributed by atoms with E-state index in [-0.39, 0.29) is 24.0 Å². The molecule has 8 nitrogen and oxygen atoms in total. The average molecular weight is 529 g/mol. The molecule has 0 saturated heterocycles. The van der Waals surface area contributed by atoms with Gasteiger partial charge in [0.1, 0.15) is 18.9 Å². The summed E-state index contributed by atoms with van der Waals surface area (Å²) < 4.78 is 7.38. The van der Waals surface area contributed by atoms with E-state index < -0.39 is 0 Å². The van der Waals surface area contributed by atoms with Crippen LogP contribution in [0.2, 0.25) is 0 Å². The Balaban J connectivity index is 0.00000272. The molecule has 0 amide bonds. The van der Waals surface area contributed by atoms with Crippen LogP contribution in [0, 0.1) is 0 Å². The molecule has 0 aliphatic heterocycles. The molecule has 9 heteroatoms. The lowest BCUT2D eigenvalue weighted by Gasteiger charge is -2.11. The summed E-state index contributed by atoms with van der Waals surface area (Å²) in [7, 11) is 1.74. The first kappa shape index (κ1) is 22.5. The maximum absolute atomic E-state index is 5.58. The second-order valence-electron chi connectivity index (χ2n) is 6.70. The van der Waals surface area contributed by atoms with E-state index in [1.165, 1.54) is 5.56 Å². The summed E-state index contributed by atoms with van der Waals surface area (Å²) >= 11 is 0. The molecule has 4 aromatic rings. The number of aliphatic imine (C=N–C) groups is 1. The van der Waals surface area contributed by atoms with Crippen molar-refractivity contribution in [2.45, 2.75) is 19.6 Å². The predicted octanol–water partition coefficient (Wildman–Crippen LogP) is 3.46. The van der Waals surface area contributed by atoms with Crippen molar-refractivity contribution < 1.29 is 4.42 Å². The quantitative estimate of drug-likeness (QED) is 0.217. The Hall–Kier alpha value is -3.21. The first-order valence-electron chi connectivity index (χ1n) is 9.65. The van der Waals surface area contributed by atoms with Gasteiger partial charge in [-0.05, 0) is 23.3 Å². The maximum Gasteiger partial charge on any atom is 0.226 e. The summed E-state index contributed by atoms with van der Waals surface area (Å²) in [6.45, 7) is 1.86. The van der Waals surface area contributed by atoms with Crippen LogP contribution in [0.3, 0.4) is 0 Å². The van der Waals surface area contributed by atoms with Crippen molar-refractivity contribution in [2.24, 2.45) is 4.99 Å². The summed E-state index contributed by atoms with van der Waals surface area (Å²) in [5.41, 5.74) is 4.09. The molecule has 31 heavy (non-hydrogen) atoms. The third-order valence-corrected chi connectivity index (χ3v) is 4.50. The van der Waals surface area contributed by atoms with E-state index in [2.05, 4.69) is 48.9 Å². The van der Waals surface area contributed by atoms with Crippen molar-refractivity contribution in [3.63, 3.8) is 0 Å². The molecule has 0 saturated carbocycles. The van der Waals surface area contributed by atoms with Gasteiger partial charge in [-0.1, -0.05) is 42.5 Å². The third-order valence-electron chi connectivity index (χ3n) is 4.50. The van der Waals surface area contributed by atoms with Crippen LogP contribution >= 0.6 is 24.0 Å². The van der Waals surface area contributed by atoms with Gasteiger partial charge >= 0.3 is 0 Å². The molecule has 0 bridgehead atoms. The molecule has 0 atom stereocenters. The summed E-state index contributed by atoms with van der Waals surface area (Å²) in [4.78, 5) is 12.8. The van der Waals surface area contributed by atoms with E-state index >= 15 is 0 Å². The normalized spacial score (nSPS) is 11.1. The number of hydrogen-bond donors (Lipinski definition) is 2. The van der Waals surface area contributed by atoms with Crippen molar-refractivity contribution in [3.05, 3.63) is 90.3 Å². The van der Waals surface area contributed by atoms with E-state index in [0.29, 0.717) is 31.5 Å². The second kappa shape index (κ2) is 11.3. The number of guanidine groups is 1. The van der Waals surface area contributed by atoms with E-state index in [0.717, 1.165) is 16.8 Å². The molecular weight excluding hydrogens is 505 g/mol. The van der Waals surface area contributed by atoms with Crippen LogP contribution in [0.25, 0.3) is 11.5 Å². The Bertz CT molecular complexity index is 1090. The fourth-order valence-electron chi connectivity index (χ4n) is 3.02. The van der Waals surface area contributed by atoms with Crippen LogP contribution in [-0.2, 0) is 19.6 Å². The Morgan fingerprint density at radius 2 is 1.84 bits per heavy atom. The van der Waals surface area contributed by atoms with Gasteiger partial charge in [-0.2, -0.15) is 5.10 Å². The Morgan fingerprint density at radius 1 is 1.03 bits per heavy atom. The molecule has 4 rings (SSSR count). The molecule has 2 N–H and O–H groups in total. The molecular formula is C22H24IN7O. The maximum atomic E-state index is 5.58.